The van der Waals surface area contributed by atoms with E-state index in [2.05, 4.69) is 27.9 Å². The van der Waals surface area contributed by atoms with Crippen LogP contribution in [0.15, 0.2) is 18.2 Å². The van der Waals surface area contributed by atoms with E-state index < -0.39 is 0 Å². The van der Waals surface area contributed by atoms with E-state index in [0.717, 1.165) is 15.6 Å². The van der Waals surface area contributed by atoms with Crippen LogP contribution >= 0.6 is 22.6 Å². The minimum absolute atomic E-state index is 0.0686. The first kappa shape index (κ1) is 15.4. The first-order chi connectivity index (χ1) is 8.43. The van der Waals surface area contributed by atoms with E-state index in [9.17, 15) is 4.79 Å². The molecular formula is C14H20INO2. The fourth-order valence-electron chi connectivity index (χ4n) is 1.74. The van der Waals surface area contributed by atoms with Crippen LogP contribution in [0, 0.1) is 10.5 Å². The van der Waals surface area contributed by atoms with E-state index in [1.54, 1.807) is 0 Å². The fourth-order valence-corrected chi connectivity index (χ4v) is 2.34. The van der Waals surface area contributed by atoms with Crippen LogP contribution in [0.25, 0.3) is 0 Å². The SMILES string of the molecule is CCC(C)(CCO)NC(=O)c1cccc(C)c1I. The summed E-state index contributed by atoms with van der Waals surface area (Å²) in [5.41, 5.74) is 1.45. The molecule has 0 heterocycles. The summed E-state index contributed by atoms with van der Waals surface area (Å²) in [6.45, 7) is 6.04. The third-order valence-corrected chi connectivity index (χ3v) is 4.73. The first-order valence-electron chi connectivity index (χ1n) is 6.12. The Morgan fingerprint density at radius 1 is 1.50 bits per heavy atom. The molecule has 0 aromatic heterocycles. The van der Waals surface area contributed by atoms with Crippen molar-refractivity contribution in [3.63, 3.8) is 0 Å². The highest BCUT2D eigenvalue weighted by Crippen LogP contribution is 2.19. The maximum absolute atomic E-state index is 12.3. The van der Waals surface area contributed by atoms with Crippen LogP contribution < -0.4 is 5.32 Å². The summed E-state index contributed by atoms with van der Waals surface area (Å²) in [6.07, 6.45) is 1.36. The highest BCUT2D eigenvalue weighted by molar-refractivity contribution is 14.1. The van der Waals surface area contributed by atoms with Gasteiger partial charge in [0.15, 0.2) is 0 Å². The van der Waals surface area contributed by atoms with Gasteiger partial charge in [0.1, 0.15) is 0 Å². The molecule has 3 nitrogen and oxygen atoms in total. The second-order valence-electron chi connectivity index (χ2n) is 4.78. The molecule has 18 heavy (non-hydrogen) atoms. The van der Waals surface area contributed by atoms with Gasteiger partial charge in [-0.15, -0.1) is 0 Å². The normalized spacial score (nSPS) is 14.1. The van der Waals surface area contributed by atoms with Gasteiger partial charge < -0.3 is 10.4 Å². The molecule has 1 atom stereocenters. The largest absolute Gasteiger partial charge is 0.396 e. The quantitative estimate of drug-likeness (QED) is 0.793. The number of carbonyl (C=O) groups is 1. The summed E-state index contributed by atoms with van der Waals surface area (Å²) >= 11 is 2.19. The minimum atomic E-state index is -0.349. The predicted octanol–water partition coefficient (Wildman–Crippen LogP) is 2.88. The molecule has 0 radical (unpaired) electrons. The van der Waals surface area contributed by atoms with Gasteiger partial charge in [-0.2, -0.15) is 0 Å². The first-order valence-corrected chi connectivity index (χ1v) is 7.20. The van der Waals surface area contributed by atoms with E-state index in [4.69, 9.17) is 5.11 Å². The number of rotatable bonds is 5. The monoisotopic (exact) mass is 361 g/mol. The molecule has 100 valence electrons. The molecule has 1 aromatic rings. The van der Waals surface area contributed by atoms with Crippen LogP contribution in [0.3, 0.4) is 0 Å². The number of amides is 1. The van der Waals surface area contributed by atoms with Crippen molar-refractivity contribution in [2.45, 2.75) is 39.2 Å². The van der Waals surface area contributed by atoms with E-state index in [1.165, 1.54) is 0 Å². The zero-order valence-corrected chi connectivity index (χ0v) is 13.2. The van der Waals surface area contributed by atoms with E-state index >= 15 is 0 Å². The molecule has 1 amide bonds. The molecule has 2 N–H and O–H groups in total. The predicted molar refractivity (Wildman–Crippen MR) is 81.8 cm³/mol. The van der Waals surface area contributed by atoms with Crippen molar-refractivity contribution in [1.82, 2.24) is 5.32 Å². The van der Waals surface area contributed by atoms with E-state index in [1.807, 2.05) is 39.0 Å². The van der Waals surface area contributed by atoms with Gasteiger partial charge in [-0.3, -0.25) is 4.79 Å². The molecular weight excluding hydrogens is 341 g/mol. The Labute approximate surface area is 122 Å². The number of nitrogens with one attached hydrogen (secondary N) is 1. The summed E-state index contributed by atoms with van der Waals surface area (Å²) in [7, 11) is 0. The third kappa shape index (κ3) is 3.68. The van der Waals surface area contributed by atoms with Crippen LogP contribution in [0.4, 0.5) is 0 Å². The maximum Gasteiger partial charge on any atom is 0.252 e. The van der Waals surface area contributed by atoms with Crippen LogP contribution in [-0.4, -0.2) is 23.2 Å². The highest BCUT2D eigenvalue weighted by Gasteiger charge is 2.25. The van der Waals surface area contributed by atoms with E-state index in [-0.39, 0.29) is 18.1 Å². The third-order valence-electron chi connectivity index (χ3n) is 3.30. The smallest absolute Gasteiger partial charge is 0.252 e. The van der Waals surface area contributed by atoms with E-state index in [0.29, 0.717) is 12.0 Å². The second kappa shape index (κ2) is 6.52. The molecule has 0 fully saturated rings. The van der Waals surface area contributed by atoms with Gasteiger partial charge in [-0.05, 0) is 60.9 Å². The number of aryl methyl sites for hydroxylation is 1. The van der Waals surface area contributed by atoms with Gasteiger partial charge in [-0.25, -0.2) is 0 Å². The van der Waals surface area contributed by atoms with Crippen molar-refractivity contribution in [3.05, 3.63) is 32.9 Å². The Hall–Kier alpha value is -0.620. The van der Waals surface area contributed by atoms with Crippen LogP contribution in [0.5, 0.6) is 0 Å². The number of aliphatic hydroxyl groups is 1. The van der Waals surface area contributed by atoms with Crippen LogP contribution in [-0.2, 0) is 0 Å². The molecule has 1 rings (SSSR count). The average molecular weight is 361 g/mol. The number of hydrogen-bond donors (Lipinski definition) is 2. The number of aliphatic hydroxyl groups excluding tert-OH is 1. The van der Waals surface area contributed by atoms with Gasteiger partial charge in [0.05, 0.1) is 5.56 Å². The van der Waals surface area contributed by atoms with Crippen molar-refractivity contribution >= 4 is 28.5 Å². The molecule has 0 aliphatic rings. The highest BCUT2D eigenvalue weighted by atomic mass is 127. The molecule has 0 aliphatic carbocycles. The minimum Gasteiger partial charge on any atom is -0.396 e. The number of halogens is 1. The molecule has 0 saturated carbocycles. The fraction of sp³-hybridized carbons (Fsp3) is 0.500. The number of benzene rings is 1. The second-order valence-corrected chi connectivity index (χ2v) is 5.86. The Bertz CT molecular complexity index is 434. The van der Waals surface area contributed by atoms with Crippen molar-refractivity contribution in [2.24, 2.45) is 0 Å². The van der Waals surface area contributed by atoms with Gasteiger partial charge in [0, 0.05) is 15.7 Å². The van der Waals surface area contributed by atoms with Crippen molar-refractivity contribution in [3.8, 4) is 0 Å². The summed E-state index contributed by atoms with van der Waals surface area (Å²) in [5.74, 6) is -0.0686. The molecule has 0 saturated heterocycles. The lowest BCUT2D eigenvalue weighted by Crippen LogP contribution is -2.46. The van der Waals surface area contributed by atoms with Gasteiger partial charge in [0.2, 0.25) is 0 Å². The lowest BCUT2D eigenvalue weighted by Gasteiger charge is -2.29. The zero-order valence-electron chi connectivity index (χ0n) is 11.1. The van der Waals surface area contributed by atoms with Crippen LogP contribution in [0.1, 0.15) is 42.6 Å². The van der Waals surface area contributed by atoms with Gasteiger partial charge in [0.25, 0.3) is 5.91 Å². The maximum atomic E-state index is 12.3. The summed E-state index contributed by atoms with van der Waals surface area (Å²) < 4.78 is 0.982. The molecule has 0 bridgehead atoms. The van der Waals surface area contributed by atoms with Gasteiger partial charge in [-0.1, -0.05) is 19.1 Å². The molecule has 4 heteroatoms. The lowest BCUT2D eigenvalue weighted by atomic mass is 9.94. The topological polar surface area (TPSA) is 49.3 Å². The summed E-state index contributed by atoms with van der Waals surface area (Å²) in [5, 5.41) is 12.1. The van der Waals surface area contributed by atoms with Gasteiger partial charge >= 0.3 is 0 Å². The van der Waals surface area contributed by atoms with Crippen molar-refractivity contribution in [1.29, 1.82) is 0 Å². The lowest BCUT2D eigenvalue weighted by molar-refractivity contribution is 0.0885. The molecule has 1 unspecified atom stereocenters. The summed E-state index contributed by atoms with van der Waals surface area (Å²) in [6, 6.07) is 5.71. The summed E-state index contributed by atoms with van der Waals surface area (Å²) in [4.78, 5) is 12.3. The number of carbonyl (C=O) groups excluding carboxylic acids is 1. The van der Waals surface area contributed by atoms with Crippen LogP contribution in [0.2, 0.25) is 0 Å². The molecule has 1 aromatic carbocycles. The number of hydrogen-bond acceptors (Lipinski definition) is 2. The van der Waals surface area contributed by atoms with Crippen molar-refractivity contribution < 1.29 is 9.90 Å². The Morgan fingerprint density at radius 3 is 2.72 bits per heavy atom. The Balaban J connectivity index is 2.91. The average Bonchev–Trinajstić information content (AvgIpc) is 2.32. The Kier molecular flexibility index (Phi) is 5.59. The molecule has 0 spiro atoms. The zero-order chi connectivity index (χ0) is 13.8. The molecule has 0 aliphatic heterocycles. The van der Waals surface area contributed by atoms with Crippen molar-refractivity contribution in [2.75, 3.05) is 6.61 Å². The standard InChI is InChI=1S/C14H20INO2/c1-4-14(3,8-9-17)16-13(18)11-7-5-6-10(2)12(11)15/h5-7,17H,4,8-9H2,1-3H3,(H,16,18). The Morgan fingerprint density at radius 2 is 2.17 bits per heavy atom.